The summed E-state index contributed by atoms with van der Waals surface area (Å²) in [7, 11) is 0. The molecule has 2 heteroatoms. The van der Waals surface area contributed by atoms with Gasteiger partial charge in [-0.1, -0.05) is 62.9 Å². The zero-order chi connectivity index (χ0) is 13.4. The molecule has 0 aliphatic rings. The van der Waals surface area contributed by atoms with Gasteiger partial charge in [0.05, 0.1) is 5.92 Å². The van der Waals surface area contributed by atoms with Crippen LogP contribution in [-0.2, 0) is 4.79 Å². The third kappa shape index (κ3) is 4.44. The number of unbranched alkanes of at least 4 members (excludes halogenated alkanes) is 3. The molecule has 1 rings (SSSR count). The molecular formula is C16H22O2. The van der Waals surface area contributed by atoms with Gasteiger partial charge in [-0.05, 0) is 13.3 Å². The van der Waals surface area contributed by atoms with Crippen LogP contribution in [0.2, 0.25) is 0 Å². The minimum absolute atomic E-state index is 0.0136. The highest BCUT2D eigenvalue weighted by atomic mass is 16.1. The topological polar surface area (TPSA) is 34.1 Å². The van der Waals surface area contributed by atoms with Crippen LogP contribution < -0.4 is 0 Å². The van der Waals surface area contributed by atoms with Crippen molar-refractivity contribution in [1.82, 2.24) is 0 Å². The molecule has 0 spiro atoms. The van der Waals surface area contributed by atoms with E-state index in [4.69, 9.17) is 0 Å². The first-order valence-corrected chi connectivity index (χ1v) is 6.76. The van der Waals surface area contributed by atoms with Crippen LogP contribution in [0.25, 0.3) is 0 Å². The molecule has 0 radical (unpaired) electrons. The summed E-state index contributed by atoms with van der Waals surface area (Å²) in [6, 6.07) is 9.11. The molecule has 1 atom stereocenters. The maximum absolute atomic E-state index is 12.2. The fourth-order valence-corrected chi connectivity index (χ4v) is 2.10. The summed E-state index contributed by atoms with van der Waals surface area (Å²) in [6.45, 7) is 3.67. The average molecular weight is 246 g/mol. The summed E-state index contributed by atoms with van der Waals surface area (Å²) < 4.78 is 0. The lowest BCUT2D eigenvalue weighted by atomic mass is 9.89. The fourth-order valence-electron chi connectivity index (χ4n) is 2.10. The number of rotatable bonds is 8. The van der Waals surface area contributed by atoms with E-state index in [2.05, 4.69) is 6.92 Å². The quantitative estimate of drug-likeness (QED) is 0.394. The van der Waals surface area contributed by atoms with E-state index in [0.717, 1.165) is 19.3 Å². The molecule has 0 aliphatic heterocycles. The van der Waals surface area contributed by atoms with Gasteiger partial charge in [0, 0.05) is 5.56 Å². The maximum atomic E-state index is 12.2. The van der Waals surface area contributed by atoms with Crippen molar-refractivity contribution >= 4 is 11.6 Å². The summed E-state index contributed by atoms with van der Waals surface area (Å²) in [4.78, 5) is 23.8. The van der Waals surface area contributed by atoms with Crippen molar-refractivity contribution in [3.05, 3.63) is 35.9 Å². The minimum atomic E-state index is -0.454. The van der Waals surface area contributed by atoms with E-state index >= 15 is 0 Å². The first kappa shape index (κ1) is 14.6. The lowest BCUT2D eigenvalue weighted by Crippen LogP contribution is -2.22. The molecule has 1 aromatic rings. The molecule has 0 saturated heterocycles. The van der Waals surface area contributed by atoms with Gasteiger partial charge in [0.2, 0.25) is 0 Å². The third-order valence-electron chi connectivity index (χ3n) is 3.21. The van der Waals surface area contributed by atoms with Crippen molar-refractivity contribution in [1.29, 1.82) is 0 Å². The molecule has 0 fully saturated rings. The predicted octanol–water partition coefficient (Wildman–Crippen LogP) is 4.04. The van der Waals surface area contributed by atoms with E-state index in [1.165, 1.54) is 13.3 Å². The summed E-state index contributed by atoms with van der Waals surface area (Å²) >= 11 is 0. The largest absolute Gasteiger partial charge is 0.299 e. The normalized spacial score (nSPS) is 12.1. The molecule has 0 aromatic heterocycles. The van der Waals surface area contributed by atoms with E-state index in [0.29, 0.717) is 12.0 Å². The molecule has 2 nitrogen and oxygen atoms in total. The van der Waals surface area contributed by atoms with E-state index in [1.54, 1.807) is 12.1 Å². The molecule has 98 valence electrons. The number of hydrogen-bond acceptors (Lipinski definition) is 2. The monoisotopic (exact) mass is 246 g/mol. The van der Waals surface area contributed by atoms with Gasteiger partial charge in [0.25, 0.3) is 0 Å². The molecule has 0 amide bonds. The van der Waals surface area contributed by atoms with Crippen molar-refractivity contribution in [2.75, 3.05) is 0 Å². The molecule has 0 heterocycles. The minimum Gasteiger partial charge on any atom is -0.299 e. The second-order valence-electron chi connectivity index (χ2n) is 4.74. The summed E-state index contributed by atoms with van der Waals surface area (Å²) in [5.74, 6) is -0.496. The van der Waals surface area contributed by atoms with Gasteiger partial charge in [0.15, 0.2) is 5.78 Å². The Morgan fingerprint density at radius 2 is 1.72 bits per heavy atom. The Morgan fingerprint density at radius 3 is 2.28 bits per heavy atom. The van der Waals surface area contributed by atoms with Gasteiger partial charge in [-0.2, -0.15) is 0 Å². The second-order valence-corrected chi connectivity index (χ2v) is 4.74. The molecule has 0 aliphatic carbocycles. The van der Waals surface area contributed by atoms with Crippen LogP contribution in [-0.4, -0.2) is 11.6 Å². The highest BCUT2D eigenvalue weighted by Gasteiger charge is 2.23. The van der Waals surface area contributed by atoms with E-state index in [1.807, 2.05) is 18.2 Å². The zero-order valence-corrected chi connectivity index (χ0v) is 11.3. The van der Waals surface area contributed by atoms with Crippen molar-refractivity contribution in [2.45, 2.75) is 46.0 Å². The first-order chi connectivity index (χ1) is 8.66. The van der Waals surface area contributed by atoms with Crippen LogP contribution >= 0.6 is 0 Å². The number of hydrogen-bond donors (Lipinski definition) is 0. The van der Waals surface area contributed by atoms with Crippen LogP contribution in [0.3, 0.4) is 0 Å². The molecule has 1 unspecified atom stereocenters. The highest BCUT2D eigenvalue weighted by molar-refractivity contribution is 6.09. The molecule has 0 bridgehead atoms. The molecule has 1 aromatic carbocycles. The molecule has 0 N–H and O–H groups in total. The Labute approximate surface area is 109 Å². The average Bonchev–Trinajstić information content (AvgIpc) is 2.39. The van der Waals surface area contributed by atoms with Crippen LogP contribution in [0.5, 0.6) is 0 Å². The van der Waals surface area contributed by atoms with Gasteiger partial charge < -0.3 is 0 Å². The number of carbonyl (C=O) groups is 2. The lowest BCUT2D eigenvalue weighted by molar-refractivity contribution is -0.119. The summed E-state index contributed by atoms with van der Waals surface area (Å²) in [6.07, 6.45) is 5.07. The maximum Gasteiger partial charge on any atom is 0.173 e. The second kappa shape index (κ2) is 7.80. The Kier molecular flexibility index (Phi) is 6.34. The Bertz CT molecular complexity index is 381. The number of ketones is 2. The molecule has 18 heavy (non-hydrogen) atoms. The van der Waals surface area contributed by atoms with Crippen LogP contribution in [0.15, 0.2) is 30.3 Å². The van der Waals surface area contributed by atoms with Gasteiger partial charge in [-0.3, -0.25) is 9.59 Å². The Hall–Kier alpha value is -1.44. The van der Waals surface area contributed by atoms with E-state index < -0.39 is 5.92 Å². The Morgan fingerprint density at radius 1 is 1.06 bits per heavy atom. The van der Waals surface area contributed by atoms with Gasteiger partial charge >= 0.3 is 0 Å². The number of Topliss-reactive ketones (excluding diaryl/α,β-unsaturated/α-hetero) is 2. The van der Waals surface area contributed by atoms with Crippen LogP contribution in [0, 0.1) is 5.92 Å². The van der Waals surface area contributed by atoms with Crippen molar-refractivity contribution in [3.8, 4) is 0 Å². The predicted molar refractivity (Wildman–Crippen MR) is 73.7 cm³/mol. The summed E-state index contributed by atoms with van der Waals surface area (Å²) in [5.41, 5.74) is 0.646. The zero-order valence-electron chi connectivity index (χ0n) is 11.3. The van der Waals surface area contributed by atoms with Gasteiger partial charge in [-0.15, -0.1) is 0 Å². The smallest absolute Gasteiger partial charge is 0.173 e. The van der Waals surface area contributed by atoms with Crippen molar-refractivity contribution in [3.63, 3.8) is 0 Å². The molecule has 0 saturated carbocycles. The number of carbonyl (C=O) groups excluding carboxylic acids is 2. The van der Waals surface area contributed by atoms with Crippen molar-refractivity contribution in [2.24, 2.45) is 5.92 Å². The third-order valence-corrected chi connectivity index (χ3v) is 3.21. The van der Waals surface area contributed by atoms with Crippen LogP contribution in [0.1, 0.15) is 56.3 Å². The van der Waals surface area contributed by atoms with Crippen LogP contribution in [0.4, 0.5) is 0 Å². The van der Waals surface area contributed by atoms with E-state index in [-0.39, 0.29) is 11.6 Å². The van der Waals surface area contributed by atoms with Gasteiger partial charge in [-0.25, -0.2) is 0 Å². The lowest BCUT2D eigenvalue weighted by Gasteiger charge is -2.12. The standard InChI is InChI=1S/C16H22O2/c1-3-4-5-9-12-15(13(2)17)16(18)14-10-7-6-8-11-14/h6-8,10-11,15H,3-5,9,12H2,1-2H3. The van der Waals surface area contributed by atoms with E-state index in [9.17, 15) is 9.59 Å². The number of benzene rings is 1. The van der Waals surface area contributed by atoms with Crippen molar-refractivity contribution < 1.29 is 9.59 Å². The SMILES string of the molecule is CCCCCCC(C(C)=O)C(=O)c1ccccc1. The highest BCUT2D eigenvalue weighted by Crippen LogP contribution is 2.17. The van der Waals surface area contributed by atoms with Gasteiger partial charge in [0.1, 0.15) is 5.78 Å². The summed E-state index contributed by atoms with van der Waals surface area (Å²) in [5, 5.41) is 0. The first-order valence-electron chi connectivity index (χ1n) is 6.76. The Balaban J connectivity index is 2.62. The fraction of sp³-hybridized carbons (Fsp3) is 0.500. The molecular weight excluding hydrogens is 224 g/mol.